The lowest BCUT2D eigenvalue weighted by molar-refractivity contribution is 0.101. The average molecular weight is 326 g/mol. The van der Waals surface area contributed by atoms with Crippen LogP contribution < -0.4 is 4.74 Å². The van der Waals surface area contributed by atoms with Gasteiger partial charge in [-0.05, 0) is 32.0 Å². The second kappa shape index (κ2) is 7.02. The zero-order valence-corrected chi connectivity index (χ0v) is 13.6. The molecular weight excluding hydrogens is 310 g/mol. The van der Waals surface area contributed by atoms with Crippen LogP contribution in [0.15, 0.2) is 23.6 Å². The van der Waals surface area contributed by atoms with Crippen molar-refractivity contribution in [1.82, 2.24) is 4.98 Å². The smallest absolute Gasteiger partial charge is 0.159 e. The summed E-state index contributed by atoms with van der Waals surface area (Å²) in [6.45, 7) is 3.77. The number of hydrogen-bond acceptors (Lipinski definition) is 5. The minimum Gasteiger partial charge on any atom is -0.486 e. The van der Waals surface area contributed by atoms with E-state index >= 15 is 0 Å². The van der Waals surface area contributed by atoms with E-state index in [-0.39, 0.29) is 11.9 Å². The molecule has 1 aromatic heterocycles. The number of hydrogen-bond donors (Lipinski definition) is 0. The van der Waals surface area contributed by atoms with E-state index in [9.17, 15) is 4.79 Å². The summed E-state index contributed by atoms with van der Waals surface area (Å²) >= 11 is 7.64. The fraction of sp³-hybridized carbons (Fsp3) is 0.333. The van der Waals surface area contributed by atoms with Crippen molar-refractivity contribution in [3.05, 3.63) is 44.9 Å². The fourth-order valence-electron chi connectivity index (χ4n) is 1.67. The van der Waals surface area contributed by atoms with Crippen molar-refractivity contribution in [3.8, 4) is 5.75 Å². The summed E-state index contributed by atoms with van der Waals surface area (Å²) in [6, 6.07) is 5.01. The minimum atomic E-state index is -0.0267. The van der Waals surface area contributed by atoms with Gasteiger partial charge in [-0.25, -0.2) is 4.98 Å². The van der Waals surface area contributed by atoms with E-state index in [1.165, 1.54) is 18.3 Å². The summed E-state index contributed by atoms with van der Waals surface area (Å²) in [5.74, 6) is 0.511. The van der Waals surface area contributed by atoms with Crippen molar-refractivity contribution in [2.75, 3.05) is 7.11 Å². The Bertz CT molecular complexity index is 642. The van der Waals surface area contributed by atoms with Gasteiger partial charge in [0.1, 0.15) is 23.5 Å². The van der Waals surface area contributed by atoms with Gasteiger partial charge in [0.25, 0.3) is 0 Å². The monoisotopic (exact) mass is 325 g/mol. The SMILES string of the molecule is COC(C)c1nc(COc2ccc(C(C)=O)cc2Cl)cs1. The molecule has 0 fully saturated rings. The van der Waals surface area contributed by atoms with Crippen LogP contribution in [0.5, 0.6) is 5.75 Å². The van der Waals surface area contributed by atoms with Gasteiger partial charge in [-0.1, -0.05) is 11.6 Å². The standard InChI is InChI=1S/C15H16ClNO3S/c1-9(18)11-4-5-14(13(16)6-11)20-7-12-8-21-15(17-12)10(2)19-3/h4-6,8,10H,7H2,1-3H3. The lowest BCUT2D eigenvalue weighted by Crippen LogP contribution is -2.00. The molecule has 2 aromatic rings. The van der Waals surface area contributed by atoms with Crippen molar-refractivity contribution in [1.29, 1.82) is 0 Å². The molecule has 4 nitrogen and oxygen atoms in total. The van der Waals surface area contributed by atoms with Crippen LogP contribution in [0.1, 0.15) is 41.0 Å². The van der Waals surface area contributed by atoms with Crippen molar-refractivity contribution in [3.63, 3.8) is 0 Å². The number of ketones is 1. The molecule has 6 heteroatoms. The molecule has 0 saturated carbocycles. The number of Topliss-reactive ketones (excluding diaryl/α,β-unsaturated/α-hetero) is 1. The molecule has 1 unspecified atom stereocenters. The second-order valence-corrected chi connectivity index (χ2v) is 5.84. The number of methoxy groups -OCH3 is 1. The Balaban J connectivity index is 2.03. The van der Waals surface area contributed by atoms with Crippen molar-refractivity contribution in [2.45, 2.75) is 26.6 Å². The number of carbonyl (C=O) groups is 1. The summed E-state index contributed by atoms with van der Waals surface area (Å²) in [4.78, 5) is 15.7. The van der Waals surface area contributed by atoms with E-state index in [1.54, 1.807) is 25.3 Å². The molecule has 0 bridgehead atoms. The number of aromatic nitrogens is 1. The Hall–Kier alpha value is -1.43. The Morgan fingerprint density at radius 3 is 2.86 bits per heavy atom. The highest BCUT2D eigenvalue weighted by Gasteiger charge is 2.11. The molecule has 0 aliphatic rings. The molecule has 1 aromatic carbocycles. The molecule has 0 aliphatic carbocycles. The van der Waals surface area contributed by atoms with Crippen LogP contribution in [-0.4, -0.2) is 17.9 Å². The third-order valence-corrected chi connectivity index (χ3v) is 4.33. The first-order valence-electron chi connectivity index (χ1n) is 6.41. The third kappa shape index (κ3) is 4.03. The molecular formula is C15H16ClNO3S. The molecule has 0 N–H and O–H groups in total. The van der Waals surface area contributed by atoms with Crippen LogP contribution in [0.2, 0.25) is 5.02 Å². The first-order valence-corrected chi connectivity index (χ1v) is 7.67. The number of benzene rings is 1. The Kier molecular flexibility index (Phi) is 5.33. The summed E-state index contributed by atoms with van der Waals surface area (Å²) in [7, 11) is 1.65. The molecule has 0 aliphatic heterocycles. The number of rotatable bonds is 6. The van der Waals surface area contributed by atoms with Gasteiger partial charge in [-0.2, -0.15) is 0 Å². The van der Waals surface area contributed by atoms with Crippen molar-refractivity contribution in [2.24, 2.45) is 0 Å². The Morgan fingerprint density at radius 2 is 2.24 bits per heavy atom. The molecule has 1 atom stereocenters. The highest BCUT2D eigenvalue weighted by Crippen LogP contribution is 2.27. The molecule has 0 radical (unpaired) electrons. The fourth-order valence-corrected chi connectivity index (χ4v) is 2.74. The summed E-state index contributed by atoms with van der Waals surface area (Å²) in [6.07, 6.45) is -0.0258. The van der Waals surface area contributed by atoms with E-state index in [4.69, 9.17) is 21.1 Å². The van der Waals surface area contributed by atoms with E-state index < -0.39 is 0 Å². The molecule has 21 heavy (non-hydrogen) atoms. The van der Waals surface area contributed by atoms with Gasteiger partial charge in [-0.15, -0.1) is 11.3 Å². The minimum absolute atomic E-state index is 0.0258. The summed E-state index contributed by atoms with van der Waals surface area (Å²) < 4.78 is 10.9. The van der Waals surface area contributed by atoms with Gasteiger partial charge >= 0.3 is 0 Å². The van der Waals surface area contributed by atoms with Gasteiger partial charge in [0.2, 0.25) is 0 Å². The molecule has 0 amide bonds. The van der Waals surface area contributed by atoms with E-state index in [0.29, 0.717) is 22.9 Å². The second-order valence-electron chi connectivity index (χ2n) is 4.55. The zero-order valence-electron chi connectivity index (χ0n) is 12.1. The maximum absolute atomic E-state index is 11.3. The Labute approximate surface area is 132 Å². The topological polar surface area (TPSA) is 48.4 Å². The number of thiazole rings is 1. The van der Waals surface area contributed by atoms with E-state index in [1.807, 2.05) is 12.3 Å². The zero-order chi connectivity index (χ0) is 15.4. The molecule has 112 valence electrons. The quantitative estimate of drug-likeness (QED) is 0.743. The van der Waals surface area contributed by atoms with Crippen molar-refractivity contribution >= 4 is 28.7 Å². The van der Waals surface area contributed by atoms with Gasteiger partial charge < -0.3 is 9.47 Å². The number of nitrogens with zero attached hydrogens (tertiary/aromatic N) is 1. The first-order chi connectivity index (χ1) is 10.0. The molecule has 2 rings (SSSR count). The highest BCUT2D eigenvalue weighted by atomic mass is 35.5. The van der Waals surface area contributed by atoms with Crippen LogP contribution in [0.25, 0.3) is 0 Å². The van der Waals surface area contributed by atoms with E-state index in [2.05, 4.69) is 4.98 Å². The normalized spacial score (nSPS) is 12.2. The first kappa shape index (κ1) is 15.9. The van der Waals surface area contributed by atoms with Crippen LogP contribution >= 0.6 is 22.9 Å². The number of carbonyl (C=O) groups excluding carboxylic acids is 1. The average Bonchev–Trinajstić information content (AvgIpc) is 2.93. The summed E-state index contributed by atoms with van der Waals surface area (Å²) in [5, 5.41) is 3.26. The van der Waals surface area contributed by atoms with Crippen LogP contribution in [0.3, 0.4) is 0 Å². The number of halogens is 1. The largest absolute Gasteiger partial charge is 0.486 e. The predicted molar refractivity (Wildman–Crippen MR) is 83.3 cm³/mol. The highest BCUT2D eigenvalue weighted by molar-refractivity contribution is 7.09. The lowest BCUT2D eigenvalue weighted by Gasteiger charge is -2.07. The van der Waals surface area contributed by atoms with Gasteiger partial charge in [-0.3, -0.25) is 4.79 Å². The van der Waals surface area contributed by atoms with Gasteiger partial charge in [0, 0.05) is 18.1 Å². The molecule has 0 spiro atoms. The van der Waals surface area contributed by atoms with Crippen LogP contribution in [-0.2, 0) is 11.3 Å². The maximum Gasteiger partial charge on any atom is 0.159 e. The molecule has 1 heterocycles. The molecule has 0 saturated heterocycles. The van der Waals surface area contributed by atoms with E-state index in [0.717, 1.165) is 10.7 Å². The summed E-state index contributed by atoms with van der Waals surface area (Å²) in [5.41, 5.74) is 1.39. The van der Waals surface area contributed by atoms with Crippen LogP contribution in [0, 0.1) is 0 Å². The third-order valence-electron chi connectivity index (χ3n) is 2.98. The Morgan fingerprint density at radius 1 is 1.48 bits per heavy atom. The maximum atomic E-state index is 11.3. The van der Waals surface area contributed by atoms with Crippen molar-refractivity contribution < 1.29 is 14.3 Å². The predicted octanol–water partition coefficient (Wildman–Crippen LogP) is 4.29. The van der Waals surface area contributed by atoms with Gasteiger partial charge in [0.15, 0.2) is 5.78 Å². The van der Waals surface area contributed by atoms with Crippen LogP contribution in [0.4, 0.5) is 0 Å². The lowest BCUT2D eigenvalue weighted by atomic mass is 10.1. The van der Waals surface area contributed by atoms with Gasteiger partial charge in [0.05, 0.1) is 10.7 Å². The number of ether oxygens (including phenoxy) is 2.